The molecule has 2 aliphatic rings. The molecule has 7 heteroatoms. The Hall–Kier alpha value is -2.90. The van der Waals surface area contributed by atoms with Gasteiger partial charge in [0.25, 0.3) is 0 Å². The van der Waals surface area contributed by atoms with Gasteiger partial charge in [0, 0.05) is 58.3 Å². The Bertz CT molecular complexity index is 966. The first kappa shape index (κ1) is 26.2. The summed E-state index contributed by atoms with van der Waals surface area (Å²) >= 11 is 0. The fraction of sp³-hybridized carbons (Fsp3) is 0.517. The van der Waals surface area contributed by atoms with Gasteiger partial charge in [-0.05, 0) is 49.4 Å². The topological polar surface area (TPSA) is 65.1 Å². The van der Waals surface area contributed by atoms with Crippen molar-refractivity contribution in [2.75, 3.05) is 46.4 Å². The summed E-state index contributed by atoms with van der Waals surface area (Å²) in [6.45, 7) is 7.80. The highest BCUT2D eigenvalue weighted by Crippen LogP contribution is 2.16. The van der Waals surface area contributed by atoms with Crippen LogP contribution >= 0.6 is 0 Å². The predicted molar refractivity (Wildman–Crippen MR) is 142 cm³/mol. The Labute approximate surface area is 215 Å². The molecule has 2 fully saturated rings. The predicted octanol–water partition coefficient (Wildman–Crippen LogP) is 2.94. The second-order valence-electron chi connectivity index (χ2n) is 9.99. The summed E-state index contributed by atoms with van der Waals surface area (Å²) in [6.07, 6.45) is 3.21. The van der Waals surface area contributed by atoms with E-state index in [-0.39, 0.29) is 23.9 Å². The van der Waals surface area contributed by atoms with Crippen LogP contribution in [0.3, 0.4) is 0 Å². The molecular formula is C29H40N4O3. The van der Waals surface area contributed by atoms with E-state index in [1.807, 2.05) is 42.2 Å². The number of likely N-dealkylation sites (tertiary alicyclic amines) is 1. The minimum Gasteiger partial charge on any atom is -0.497 e. The minimum atomic E-state index is -0.177. The first-order valence-corrected chi connectivity index (χ1v) is 13.2. The molecule has 0 spiro atoms. The SMILES string of the molecule is COc1ccc(CCC(=O)N2CCN(C(C)C(=O)NC3CCN(Cc4ccccc4)CC3)CC2)cc1. The number of benzene rings is 2. The number of carbonyl (C=O) groups is 2. The third-order valence-corrected chi connectivity index (χ3v) is 7.56. The third-order valence-electron chi connectivity index (χ3n) is 7.56. The van der Waals surface area contributed by atoms with Crippen molar-refractivity contribution in [1.82, 2.24) is 20.0 Å². The van der Waals surface area contributed by atoms with Crippen LogP contribution in [0.5, 0.6) is 5.75 Å². The molecule has 0 saturated carbocycles. The van der Waals surface area contributed by atoms with Crippen LogP contribution in [-0.4, -0.2) is 85.0 Å². The summed E-state index contributed by atoms with van der Waals surface area (Å²) in [4.78, 5) is 32.3. The quantitative estimate of drug-likeness (QED) is 0.583. The van der Waals surface area contributed by atoms with Gasteiger partial charge in [0.2, 0.25) is 11.8 Å². The van der Waals surface area contributed by atoms with Crippen molar-refractivity contribution in [1.29, 1.82) is 0 Å². The Balaban J connectivity index is 1.14. The third kappa shape index (κ3) is 7.31. The van der Waals surface area contributed by atoms with Crippen LogP contribution in [0.15, 0.2) is 54.6 Å². The minimum absolute atomic E-state index is 0.107. The van der Waals surface area contributed by atoms with Crippen LogP contribution < -0.4 is 10.1 Å². The molecule has 194 valence electrons. The average Bonchev–Trinajstić information content (AvgIpc) is 2.93. The molecule has 2 saturated heterocycles. The largest absolute Gasteiger partial charge is 0.497 e. The van der Waals surface area contributed by atoms with Gasteiger partial charge < -0.3 is 15.0 Å². The lowest BCUT2D eigenvalue weighted by Crippen LogP contribution is -2.56. The highest BCUT2D eigenvalue weighted by Gasteiger charge is 2.29. The zero-order valence-electron chi connectivity index (χ0n) is 21.7. The molecule has 0 aromatic heterocycles. The van der Waals surface area contributed by atoms with E-state index in [1.165, 1.54) is 5.56 Å². The van der Waals surface area contributed by atoms with Crippen LogP contribution in [0.25, 0.3) is 0 Å². The van der Waals surface area contributed by atoms with Gasteiger partial charge in [0.1, 0.15) is 5.75 Å². The van der Waals surface area contributed by atoms with Gasteiger partial charge in [0.15, 0.2) is 0 Å². The second kappa shape index (κ2) is 12.9. The van der Waals surface area contributed by atoms with Gasteiger partial charge in [-0.25, -0.2) is 0 Å². The van der Waals surface area contributed by atoms with Crippen molar-refractivity contribution in [3.63, 3.8) is 0 Å². The van der Waals surface area contributed by atoms with E-state index < -0.39 is 0 Å². The number of nitrogens with zero attached hydrogens (tertiary/aromatic N) is 3. The smallest absolute Gasteiger partial charge is 0.237 e. The summed E-state index contributed by atoms with van der Waals surface area (Å²) < 4.78 is 5.19. The summed E-state index contributed by atoms with van der Waals surface area (Å²) in [7, 11) is 1.65. The van der Waals surface area contributed by atoms with E-state index >= 15 is 0 Å². The highest BCUT2D eigenvalue weighted by atomic mass is 16.5. The number of piperazine rings is 1. The zero-order valence-corrected chi connectivity index (χ0v) is 21.7. The number of hydrogen-bond donors (Lipinski definition) is 1. The molecule has 2 aromatic carbocycles. The first-order valence-electron chi connectivity index (χ1n) is 13.2. The number of ether oxygens (including phenoxy) is 1. The van der Waals surface area contributed by atoms with Crippen molar-refractivity contribution < 1.29 is 14.3 Å². The number of aryl methyl sites for hydroxylation is 1. The van der Waals surface area contributed by atoms with Crippen molar-refractivity contribution >= 4 is 11.8 Å². The number of rotatable bonds is 9. The number of methoxy groups -OCH3 is 1. The van der Waals surface area contributed by atoms with E-state index in [1.54, 1.807) is 7.11 Å². The fourth-order valence-electron chi connectivity index (χ4n) is 5.12. The molecule has 1 unspecified atom stereocenters. The lowest BCUT2D eigenvalue weighted by atomic mass is 10.0. The summed E-state index contributed by atoms with van der Waals surface area (Å²) in [5.74, 6) is 1.12. The number of nitrogens with one attached hydrogen (secondary N) is 1. The fourth-order valence-corrected chi connectivity index (χ4v) is 5.12. The monoisotopic (exact) mass is 492 g/mol. The number of hydrogen-bond acceptors (Lipinski definition) is 5. The maximum absolute atomic E-state index is 12.9. The Kier molecular flexibility index (Phi) is 9.36. The number of piperidine rings is 1. The Morgan fingerprint density at radius 3 is 2.22 bits per heavy atom. The van der Waals surface area contributed by atoms with Crippen molar-refractivity contribution in [2.24, 2.45) is 0 Å². The molecule has 1 N–H and O–H groups in total. The molecule has 2 amide bonds. The number of amides is 2. The van der Waals surface area contributed by atoms with Crippen molar-refractivity contribution in [3.8, 4) is 5.75 Å². The van der Waals surface area contributed by atoms with Gasteiger partial charge >= 0.3 is 0 Å². The zero-order chi connectivity index (χ0) is 25.3. The first-order chi connectivity index (χ1) is 17.5. The molecular weight excluding hydrogens is 452 g/mol. The maximum atomic E-state index is 12.9. The maximum Gasteiger partial charge on any atom is 0.237 e. The van der Waals surface area contributed by atoms with E-state index in [4.69, 9.17) is 4.74 Å². The van der Waals surface area contributed by atoms with Gasteiger partial charge in [-0.2, -0.15) is 0 Å². The Morgan fingerprint density at radius 1 is 0.917 bits per heavy atom. The van der Waals surface area contributed by atoms with E-state index in [9.17, 15) is 9.59 Å². The Morgan fingerprint density at radius 2 is 1.58 bits per heavy atom. The van der Waals surface area contributed by atoms with E-state index in [0.717, 1.165) is 63.3 Å². The van der Waals surface area contributed by atoms with Crippen LogP contribution in [0.2, 0.25) is 0 Å². The lowest BCUT2D eigenvalue weighted by Gasteiger charge is -2.38. The molecule has 0 aliphatic carbocycles. The second-order valence-corrected chi connectivity index (χ2v) is 9.99. The van der Waals surface area contributed by atoms with Crippen LogP contribution in [-0.2, 0) is 22.6 Å². The van der Waals surface area contributed by atoms with Gasteiger partial charge in [-0.3, -0.25) is 19.4 Å². The molecule has 2 aromatic rings. The van der Waals surface area contributed by atoms with Gasteiger partial charge in [0.05, 0.1) is 13.2 Å². The van der Waals surface area contributed by atoms with Gasteiger partial charge in [-0.1, -0.05) is 42.5 Å². The molecule has 36 heavy (non-hydrogen) atoms. The van der Waals surface area contributed by atoms with Crippen molar-refractivity contribution in [2.45, 2.75) is 51.2 Å². The van der Waals surface area contributed by atoms with Crippen LogP contribution in [0.4, 0.5) is 0 Å². The molecule has 0 radical (unpaired) electrons. The lowest BCUT2D eigenvalue weighted by molar-refractivity contribution is -0.134. The van der Waals surface area contributed by atoms with E-state index in [0.29, 0.717) is 19.5 Å². The number of carbonyl (C=O) groups excluding carboxylic acids is 2. The average molecular weight is 493 g/mol. The highest BCUT2D eigenvalue weighted by molar-refractivity contribution is 5.81. The molecule has 7 nitrogen and oxygen atoms in total. The normalized spacial score (nSPS) is 18.6. The summed E-state index contributed by atoms with van der Waals surface area (Å²) in [5.41, 5.74) is 2.48. The van der Waals surface area contributed by atoms with Crippen LogP contribution in [0, 0.1) is 0 Å². The molecule has 4 rings (SSSR count). The molecule has 2 aliphatic heterocycles. The van der Waals surface area contributed by atoms with Gasteiger partial charge in [-0.15, -0.1) is 0 Å². The van der Waals surface area contributed by atoms with Crippen molar-refractivity contribution in [3.05, 3.63) is 65.7 Å². The standard InChI is InChI=1S/C29H40N4O3/c1-23(29(35)30-26-14-16-31(17-15-26)22-25-6-4-3-5-7-25)32-18-20-33(21-19-32)28(34)13-10-24-8-11-27(36-2)12-9-24/h3-9,11-12,23,26H,10,13-22H2,1-2H3,(H,30,35). The molecule has 0 bridgehead atoms. The summed E-state index contributed by atoms with van der Waals surface area (Å²) in [5, 5.41) is 3.28. The van der Waals surface area contributed by atoms with Crippen LogP contribution in [0.1, 0.15) is 37.3 Å². The molecule has 1 atom stereocenters. The summed E-state index contributed by atoms with van der Waals surface area (Å²) in [6, 6.07) is 18.5. The van der Waals surface area contributed by atoms with E-state index in [2.05, 4.69) is 39.4 Å². The molecule has 2 heterocycles.